The summed E-state index contributed by atoms with van der Waals surface area (Å²) < 4.78 is 25.5. The van der Waals surface area contributed by atoms with E-state index in [1.54, 1.807) is 0 Å². The average Bonchev–Trinajstić information content (AvgIpc) is 2.55. The fourth-order valence-electron chi connectivity index (χ4n) is 2.64. The Morgan fingerprint density at radius 1 is 1.44 bits per heavy atom. The minimum absolute atomic E-state index is 0.0907. The molecule has 1 aromatic rings. The molecule has 0 unspecified atom stereocenters. The second-order valence-corrected chi connectivity index (χ2v) is 8.88. The van der Waals surface area contributed by atoms with Crippen molar-refractivity contribution in [2.24, 2.45) is 0 Å². The molecule has 0 bridgehead atoms. The summed E-state index contributed by atoms with van der Waals surface area (Å²) in [6.45, 7) is 5.52. The van der Waals surface area contributed by atoms with Crippen LogP contribution in [0.15, 0.2) is 23.1 Å². The van der Waals surface area contributed by atoms with Gasteiger partial charge in [-0.2, -0.15) is 0 Å². The first-order valence-electron chi connectivity index (χ1n) is 8.18. The molecule has 1 aromatic carbocycles. The lowest BCUT2D eigenvalue weighted by atomic mass is 10.2. The second kappa shape index (κ2) is 8.46. The quantitative estimate of drug-likeness (QED) is 0.765. The zero-order chi connectivity index (χ0) is 18.6. The molecule has 1 fully saturated rings. The van der Waals surface area contributed by atoms with Crippen LogP contribution in [0.1, 0.15) is 13.3 Å². The van der Waals surface area contributed by atoms with E-state index in [1.165, 1.54) is 32.3 Å². The Kier molecular flexibility index (Phi) is 6.81. The van der Waals surface area contributed by atoms with Crippen LogP contribution in [0.3, 0.4) is 0 Å². The molecule has 0 radical (unpaired) electrons. The van der Waals surface area contributed by atoms with Gasteiger partial charge in [-0.3, -0.25) is 9.69 Å². The Hall–Kier alpha value is -1.19. The summed E-state index contributed by atoms with van der Waals surface area (Å²) in [6, 6.07) is 4.68. The van der Waals surface area contributed by atoms with Crippen LogP contribution in [0.5, 0.6) is 0 Å². The molecule has 2 N–H and O–H groups in total. The van der Waals surface area contributed by atoms with E-state index in [4.69, 9.17) is 11.6 Å². The molecule has 9 heteroatoms. The van der Waals surface area contributed by atoms with Crippen molar-refractivity contribution in [1.29, 1.82) is 0 Å². The number of hydrogen-bond donors (Lipinski definition) is 2. The number of carbonyl (C=O) groups is 1. The van der Waals surface area contributed by atoms with Gasteiger partial charge >= 0.3 is 0 Å². The van der Waals surface area contributed by atoms with E-state index in [0.29, 0.717) is 29.7 Å². The molecule has 2 rings (SSSR count). The maximum Gasteiger partial charge on any atom is 0.242 e. The molecule has 0 aliphatic carbocycles. The van der Waals surface area contributed by atoms with Gasteiger partial charge in [0.1, 0.15) is 0 Å². The van der Waals surface area contributed by atoms with Gasteiger partial charge in [-0.05, 0) is 25.1 Å². The zero-order valence-corrected chi connectivity index (χ0v) is 16.3. The number of rotatable bonds is 6. The highest BCUT2D eigenvalue weighted by molar-refractivity contribution is 7.89. The van der Waals surface area contributed by atoms with E-state index in [-0.39, 0.29) is 10.8 Å². The van der Waals surface area contributed by atoms with Crippen LogP contribution in [-0.2, 0) is 14.8 Å². The van der Waals surface area contributed by atoms with Crippen molar-refractivity contribution >= 4 is 33.2 Å². The lowest BCUT2D eigenvalue weighted by Gasteiger charge is -2.33. The highest BCUT2D eigenvalue weighted by Gasteiger charge is 2.20. The molecule has 0 spiro atoms. The van der Waals surface area contributed by atoms with Gasteiger partial charge in [0, 0.05) is 52.7 Å². The van der Waals surface area contributed by atoms with Gasteiger partial charge in [0.2, 0.25) is 15.9 Å². The van der Waals surface area contributed by atoms with Crippen molar-refractivity contribution < 1.29 is 13.2 Å². The molecule has 1 heterocycles. The van der Waals surface area contributed by atoms with Crippen molar-refractivity contribution in [2.45, 2.75) is 24.3 Å². The molecule has 0 aromatic heterocycles. The predicted molar refractivity (Wildman–Crippen MR) is 99.5 cm³/mol. The molecule has 1 amide bonds. The molecule has 25 heavy (non-hydrogen) atoms. The summed E-state index contributed by atoms with van der Waals surface area (Å²) >= 11 is 6.10. The van der Waals surface area contributed by atoms with Gasteiger partial charge in [-0.15, -0.1) is 0 Å². The number of carbonyl (C=O) groups excluding carboxylic acids is 1. The Labute approximate surface area is 154 Å². The van der Waals surface area contributed by atoms with Crippen LogP contribution in [0.4, 0.5) is 5.69 Å². The number of sulfonamides is 1. The minimum Gasteiger partial charge on any atom is -0.325 e. The van der Waals surface area contributed by atoms with Crippen LogP contribution in [0.25, 0.3) is 0 Å². The standard InChI is InChI=1S/C16H25ClN4O3S/c1-12-11-18-7-9-21(12)8-6-16(22)19-15-10-13(4-5-14(15)17)25(23,24)20(2)3/h4-5,10,12,18H,6-9,11H2,1-3H3,(H,19,22)/t12-/m0/s1. The summed E-state index contributed by atoms with van der Waals surface area (Å²) in [5.74, 6) is -0.188. The van der Waals surface area contributed by atoms with E-state index in [0.717, 1.165) is 23.9 Å². The molecule has 1 aliphatic rings. The molecule has 7 nitrogen and oxygen atoms in total. The third-order valence-electron chi connectivity index (χ3n) is 4.26. The third-order valence-corrected chi connectivity index (χ3v) is 6.40. The first kappa shape index (κ1) is 20.1. The Bertz CT molecular complexity index is 724. The van der Waals surface area contributed by atoms with E-state index in [9.17, 15) is 13.2 Å². The number of amides is 1. The second-order valence-electron chi connectivity index (χ2n) is 6.32. The van der Waals surface area contributed by atoms with Gasteiger partial charge < -0.3 is 10.6 Å². The first-order valence-corrected chi connectivity index (χ1v) is 10.0. The normalized spacial score (nSPS) is 19.2. The van der Waals surface area contributed by atoms with Gasteiger partial charge in [-0.25, -0.2) is 12.7 Å². The molecular weight excluding hydrogens is 364 g/mol. The fourth-order valence-corrected chi connectivity index (χ4v) is 3.74. The molecule has 140 valence electrons. The van der Waals surface area contributed by atoms with Crippen LogP contribution in [0.2, 0.25) is 5.02 Å². The van der Waals surface area contributed by atoms with Crippen molar-refractivity contribution in [3.8, 4) is 0 Å². The van der Waals surface area contributed by atoms with Gasteiger partial charge in [0.25, 0.3) is 0 Å². The summed E-state index contributed by atoms with van der Waals surface area (Å²) in [5.41, 5.74) is 0.308. The molecule has 0 saturated carbocycles. The summed E-state index contributed by atoms with van der Waals surface area (Å²) in [7, 11) is -0.670. The van der Waals surface area contributed by atoms with Crippen LogP contribution in [0, 0.1) is 0 Å². The number of nitrogens with zero attached hydrogens (tertiary/aromatic N) is 2. The number of halogens is 1. The summed E-state index contributed by atoms with van der Waals surface area (Å²) in [5, 5.41) is 6.34. The SMILES string of the molecule is C[C@H]1CNCCN1CCC(=O)Nc1cc(S(=O)(=O)N(C)C)ccc1Cl. The largest absolute Gasteiger partial charge is 0.325 e. The van der Waals surface area contributed by atoms with E-state index < -0.39 is 10.0 Å². The smallest absolute Gasteiger partial charge is 0.242 e. The molecular formula is C16H25ClN4O3S. The monoisotopic (exact) mass is 388 g/mol. The van der Waals surface area contributed by atoms with Gasteiger partial charge in [0.05, 0.1) is 15.6 Å². The average molecular weight is 389 g/mol. The highest BCUT2D eigenvalue weighted by atomic mass is 35.5. The first-order chi connectivity index (χ1) is 11.7. The van der Waals surface area contributed by atoms with E-state index >= 15 is 0 Å². The maximum atomic E-state index is 12.2. The number of piperazine rings is 1. The van der Waals surface area contributed by atoms with Crippen LogP contribution < -0.4 is 10.6 Å². The fraction of sp³-hybridized carbons (Fsp3) is 0.562. The third kappa shape index (κ3) is 5.15. The lowest BCUT2D eigenvalue weighted by Crippen LogP contribution is -2.50. The van der Waals surface area contributed by atoms with E-state index in [2.05, 4.69) is 22.5 Å². The number of nitrogens with one attached hydrogen (secondary N) is 2. The number of anilines is 1. The number of hydrogen-bond acceptors (Lipinski definition) is 5. The minimum atomic E-state index is -3.58. The molecule has 1 saturated heterocycles. The summed E-state index contributed by atoms with van der Waals surface area (Å²) in [6.07, 6.45) is 0.325. The van der Waals surface area contributed by atoms with Gasteiger partial charge in [0.15, 0.2) is 0 Å². The van der Waals surface area contributed by atoms with Gasteiger partial charge in [-0.1, -0.05) is 11.6 Å². The predicted octanol–water partition coefficient (Wildman–Crippen LogP) is 1.21. The Morgan fingerprint density at radius 3 is 2.80 bits per heavy atom. The van der Waals surface area contributed by atoms with E-state index in [1.807, 2.05) is 0 Å². The van der Waals surface area contributed by atoms with Crippen molar-refractivity contribution in [2.75, 3.05) is 45.6 Å². The lowest BCUT2D eigenvalue weighted by molar-refractivity contribution is -0.116. The Morgan fingerprint density at radius 2 is 2.16 bits per heavy atom. The Balaban J connectivity index is 2.02. The highest BCUT2D eigenvalue weighted by Crippen LogP contribution is 2.26. The van der Waals surface area contributed by atoms with Crippen molar-refractivity contribution in [3.05, 3.63) is 23.2 Å². The molecule has 1 atom stereocenters. The number of benzene rings is 1. The van der Waals surface area contributed by atoms with Crippen molar-refractivity contribution in [1.82, 2.24) is 14.5 Å². The van der Waals surface area contributed by atoms with Crippen molar-refractivity contribution in [3.63, 3.8) is 0 Å². The van der Waals surface area contributed by atoms with Crippen LogP contribution >= 0.6 is 11.6 Å². The topological polar surface area (TPSA) is 81.8 Å². The van der Waals surface area contributed by atoms with Crippen LogP contribution in [-0.4, -0.2) is 69.8 Å². The maximum absolute atomic E-state index is 12.2. The zero-order valence-electron chi connectivity index (χ0n) is 14.8. The molecule has 1 aliphatic heterocycles. The summed E-state index contributed by atoms with van der Waals surface area (Å²) in [4.78, 5) is 14.6.